The van der Waals surface area contributed by atoms with Crippen LogP contribution in [0.25, 0.3) is 27.8 Å². The molecular weight excluding hydrogens is 517 g/mol. The summed E-state index contributed by atoms with van der Waals surface area (Å²) in [4.78, 5) is 12.3. The predicted molar refractivity (Wildman–Crippen MR) is 130 cm³/mol. The number of pyridine rings is 2. The molecule has 0 atom stereocenters. The van der Waals surface area contributed by atoms with Crippen molar-refractivity contribution in [3.8, 4) is 17.0 Å². The molecule has 0 fully saturated rings. The van der Waals surface area contributed by atoms with Crippen LogP contribution >= 0.6 is 23.4 Å². The Kier molecular flexibility index (Phi) is 5.91. The third kappa shape index (κ3) is 4.11. The van der Waals surface area contributed by atoms with E-state index in [9.17, 15) is 8.42 Å². The molecule has 0 aliphatic carbocycles. The van der Waals surface area contributed by atoms with Gasteiger partial charge in [-0.15, -0.1) is 10.2 Å². The van der Waals surface area contributed by atoms with Crippen LogP contribution in [-0.2, 0) is 10.0 Å². The molecule has 1 aromatic carbocycles. The number of anilines is 1. The van der Waals surface area contributed by atoms with Crippen molar-refractivity contribution in [3.05, 3.63) is 59.9 Å². The zero-order valence-electron chi connectivity index (χ0n) is 18.1. The smallest absolute Gasteiger partial charge is 0.267 e. The van der Waals surface area contributed by atoms with Gasteiger partial charge in [-0.05, 0) is 24.5 Å². The minimum Gasteiger partial charge on any atom is -0.480 e. The first-order valence-electron chi connectivity index (χ1n) is 9.87. The fourth-order valence-electron chi connectivity index (χ4n) is 3.52. The molecule has 0 bridgehead atoms. The van der Waals surface area contributed by atoms with Crippen molar-refractivity contribution < 1.29 is 17.5 Å². The van der Waals surface area contributed by atoms with Crippen LogP contribution in [0.2, 0.25) is 5.02 Å². The lowest BCUT2D eigenvalue weighted by molar-refractivity contribution is 0.385. The van der Waals surface area contributed by atoms with E-state index < -0.39 is 15.8 Å². The summed E-state index contributed by atoms with van der Waals surface area (Å²) < 4.78 is 50.7. The monoisotopic (exact) mass is 531 g/mol. The Morgan fingerprint density at radius 1 is 1.14 bits per heavy atom. The lowest BCUT2D eigenvalue weighted by atomic mass is 10.0. The zero-order chi connectivity index (χ0) is 24.7. The van der Waals surface area contributed by atoms with Gasteiger partial charge in [0.25, 0.3) is 10.0 Å². The van der Waals surface area contributed by atoms with Gasteiger partial charge in [-0.1, -0.05) is 35.5 Å². The van der Waals surface area contributed by atoms with Crippen molar-refractivity contribution in [2.45, 2.75) is 10.1 Å². The minimum absolute atomic E-state index is 0.0811. The largest absolute Gasteiger partial charge is 0.480 e. The second-order valence-electron chi connectivity index (χ2n) is 7.15. The van der Waals surface area contributed by atoms with Crippen LogP contribution in [-0.4, -0.2) is 51.3 Å². The first-order chi connectivity index (χ1) is 16.8. The van der Waals surface area contributed by atoms with Gasteiger partial charge in [0, 0.05) is 28.9 Å². The van der Waals surface area contributed by atoms with Crippen LogP contribution in [0, 0.1) is 5.82 Å². The molecule has 0 spiro atoms. The van der Waals surface area contributed by atoms with Gasteiger partial charge in [0.1, 0.15) is 6.33 Å². The van der Waals surface area contributed by atoms with Gasteiger partial charge in [0.15, 0.2) is 27.2 Å². The van der Waals surface area contributed by atoms with Gasteiger partial charge in [-0.25, -0.2) is 27.8 Å². The Morgan fingerprint density at radius 3 is 2.74 bits per heavy atom. The van der Waals surface area contributed by atoms with E-state index in [0.717, 1.165) is 0 Å². The van der Waals surface area contributed by atoms with Crippen molar-refractivity contribution >= 4 is 55.8 Å². The lowest BCUT2D eigenvalue weighted by Crippen LogP contribution is -2.16. The number of nitrogens with zero attached hydrogens (tertiary/aromatic N) is 6. The summed E-state index contributed by atoms with van der Waals surface area (Å²) in [5, 5.41) is 9.35. The molecule has 0 amide bonds. The highest BCUT2D eigenvalue weighted by Crippen LogP contribution is 2.34. The number of nitrogens with one attached hydrogen (secondary N) is 1. The number of sulfonamides is 1. The molecule has 1 N–H and O–H groups in total. The van der Waals surface area contributed by atoms with Gasteiger partial charge in [0.2, 0.25) is 5.88 Å². The number of thioether (sulfide) groups is 1. The number of hydrogen-bond acceptors (Lipinski definition) is 9. The van der Waals surface area contributed by atoms with Gasteiger partial charge >= 0.3 is 0 Å². The molecule has 0 saturated heterocycles. The summed E-state index contributed by atoms with van der Waals surface area (Å²) in [5.74, 6) is -0.987. The fraction of sp³-hybridized carbons (Fsp3) is 0.0952. The standard InChI is InChI=1S/C21H15ClFN7O3S2/c1-33-20-16(7-12(22)9-24-20)35(31,32)29-15-5-3-4-13(17(15)23)14-6-11-8-25-21(34-2)27-18(11)30-10-26-28-19(14)30/h3-10,29H,1-2H3. The molecule has 0 saturated carbocycles. The number of benzene rings is 1. The first kappa shape index (κ1) is 23.2. The van der Waals surface area contributed by atoms with Gasteiger partial charge in [-0.3, -0.25) is 9.12 Å². The maximum absolute atomic E-state index is 15.7. The Morgan fingerprint density at radius 2 is 1.97 bits per heavy atom. The van der Waals surface area contributed by atoms with E-state index in [-0.39, 0.29) is 27.0 Å². The Labute approximate surface area is 207 Å². The Balaban J connectivity index is 1.64. The van der Waals surface area contributed by atoms with Crippen LogP contribution in [0.1, 0.15) is 0 Å². The molecule has 10 nitrogen and oxygen atoms in total. The summed E-state index contributed by atoms with van der Waals surface area (Å²) in [6.07, 6.45) is 6.20. The normalized spacial score (nSPS) is 11.8. The highest BCUT2D eigenvalue weighted by molar-refractivity contribution is 7.98. The van der Waals surface area contributed by atoms with Crippen molar-refractivity contribution in [1.29, 1.82) is 0 Å². The maximum atomic E-state index is 15.7. The number of methoxy groups -OCH3 is 1. The van der Waals surface area contributed by atoms with Gasteiger partial charge < -0.3 is 4.74 Å². The molecule has 35 heavy (non-hydrogen) atoms. The van der Waals surface area contributed by atoms with Crippen molar-refractivity contribution in [2.75, 3.05) is 18.1 Å². The van der Waals surface area contributed by atoms with E-state index >= 15 is 4.39 Å². The summed E-state index contributed by atoms with van der Waals surface area (Å²) in [6, 6.07) is 7.19. The molecule has 0 aliphatic heterocycles. The van der Waals surface area contributed by atoms with Gasteiger partial charge in [0.05, 0.1) is 17.8 Å². The molecule has 178 valence electrons. The second kappa shape index (κ2) is 8.91. The second-order valence-corrected chi connectivity index (χ2v) is 10.0. The Bertz CT molecular complexity index is 1710. The van der Waals surface area contributed by atoms with Gasteiger partial charge in [-0.2, -0.15) is 0 Å². The molecule has 0 unspecified atom stereocenters. The first-order valence-corrected chi connectivity index (χ1v) is 13.0. The summed E-state index contributed by atoms with van der Waals surface area (Å²) in [5.41, 5.74) is 1.12. The van der Waals surface area contributed by atoms with E-state index in [2.05, 4.69) is 29.9 Å². The third-order valence-electron chi connectivity index (χ3n) is 5.07. The number of hydrogen-bond donors (Lipinski definition) is 1. The highest BCUT2D eigenvalue weighted by Gasteiger charge is 2.24. The summed E-state index contributed by atoms with van der Waals surface area (Å²) >= 11 is 7.30. The molecular formula is C21H15ClFN7O3S2. The topological polar surface area (TPSA) is 124 Å². The SMILES string of the molecule is COc1ncc(Cl)cc1S(=O)(=O)Nc1cccc(-c2cc3cnc(SC)nc3n3cnnc23)c1F. The van der Waals surface area contributed by atoms with E-state index in [1.54, 1.807) is 16.7 Å². The van der Waals surface area contributed by atoms with Crippen LogP contribution in [0.4, 0.5) is 10.1 Å². The van der Waals surface area contributed by atoms with E-state index in [1.165, 1.54) is 55.7 Å². The van der Waals surface area contributed by atoms with E-state index in [4.69, 9.17) is 16.3 Å². The van der Waals surface area contributed by atoms with Crippen molar-refractivity contribution in [2.24, 2.45) is 0 Å². The minimum atomic E-state index is -4.29. The van der Waals surface area contributed by atoms with E-state index in [0.29, 0.717) is 27.4 Å². The summed E-state index contributed by atoms with van der Waals surface area (Å²) in [6.45, 7) is 0. The van der Waals surface area contributed by atoms with E-state index in [1.807, 2.05) is 6.26 Å². The zero-order valence-corrected chi connectivity index (χ0v) is 20.5. The predicted octanol–water partition coefficient (Wildman–Crippen LogP) is 4.06. The number of fused-ring (bicyclic) bond motifs is 3. The number of ether oxygens (including phenoxy) is 1. The Hall–Kier alpha value is -3.55. The van der Waals surface area contributed by atoms with Crippen molar-refractivity contribution in [1.82, 2.24) is 29.5 Å². The quantitative estimate of drug-likeness (QED) is 0.255. The lowest BCUT2D eigenvalue weighted by Gasteiger charge is -2.14. The van der Waals surface area contributed by atoms with Crippen LogP contribution in [0.5, 0.6) is 5.88 Å². The van der Waals surface area contributed by atoms with Crippen molar-refractivity contribution in [3.63, 3.8) is 0 Å². The third-order valence-corrected chi connectivity index (χ3v) is 7.20. The number of aromatic nitrogens is 6. The molecule has 0 aliphatic rings. The molecule has 4 aromatic heterocycles. The molecule has 0 radical (unpaired) electrons. The van der Waals surface area contributed by atoms with Crippen LogP contribution < -0.4 is 9.46 Å². The highest BCUT2D eigenvalue weighted by atomic mass is 35.5. The maximum Gasteiger partial charge on any atom is 0.267 e. The number of rotatable bonds is 6. The van der Waals surface area contributed by atoms with Crippen LogP contribution in [0.15, 0.2) is 59.1 Å². The average molecular weight is 532 g/mol. The summed E-state index contributed by atoms with van der Waals surface area (Å²) in [7, 11) is -3.02. The molecule has 5 aromatic rings. The average Bonchev–Trinajstić information content (AvgIpc) is 3.35. The number of halogens is 2. The molecule has 4 heterocycles. The van der Waals surface area contributed by atoms with Crippen LogP contribution in [0.3, 0.4) is 0 Å². The fourth-order valence-corrected chi connectivity index (χ4v) is 5.29. The molecule has 14 heteroatoms. The molecule has 5 rings (SSSR count).